The van der Waals surface area contributed by atoms with E-state index in [4.69, 9.17) is 0 Å². The van der Waals surface area contributed by atoms with Crippen LogP contribution in [-0.4, -0.2) is 42.0 Å². The van der Waals surface area contributed by atoms with Crippen molar-refractivity contribution < 1.29 is 13.6 Å². The summed E-state index contributed by atoms with van der Waals surface area (Å²) >= 11 is 0. The minimum absolute atomic E-state index is 0.103. The van der Waals surface area contributed by atoms with E-state index >= 15 is 0 Å². The molecule has 2 heterocycles. The van der Waals surface area contributed by atoms with E-state index in [2.05, 4.69) is 28.2 Å². The lowest BCUT2D eigenvalue weighted by atomic mass is 9.87. The second-order valence-electron chi connectivity index (χ2n) is 8.61. The Morgan fingerprint density at radius 3 is 2.69 bits per heavy atom. The van der Waals surface area contributed by atoms with Crippen molar-refractivity contribution in [2.75, 3.05) is 26.2 Å². The van der Waals surface area contributed by atoms with Gasteiger partial charge >= 0.3 is 0 Å². The summed E-state index contributed by atoms with van der Waals surface area (Å²) in [6.45, 7) is 5.64. The molecule has 0 spiro atoms. The number of carbonyl (C=O) groups is 1. The number of nitrogens with one attached hydrogen (secondary N) is 2. The molecule has 0 saturated carbocycles. The van der Waals surface area contributed by atoms with Gasteiger partial charge in [0.1, 0.15) is 11.6 Å². The lowest BCUT2D eigenvalue weighted by Gasteiger charge is -2.26. The molecule has 3 aromatic rings. The van der Waals surface area contributed by atoms with Gasteiger partial charge in [-0.3, -0.25) is 4.79 Å². The molecule has 1 saturated heterocycles. The van der Waals surface area contributed by atoms with Gasteiger partial charge in [0, 0.05) is 48.6 Å². The zero-order valence-electron chi connectivity index (χ0n) is 18.6. The average Bonchev–Trinajstić information content (AvgIpc) is 3.23. The van der Waals surface area contributed by atoms with E-state index in [-0.39, 0.29) is 12.3 Å². The van der Waals surface area contributed by atoms with Gasteiger partial charge < -0.3 is 15.2 Å². The highest BCUT2D eigenvalue weighted by molar-refractivity contribution is 5.88. The van der Waals surface area contributed by atoms with Gasteiger partial charge in [-0.1, -0.05) is 37.6 Å². The summed E-state index contributed by atoms with van der Waals surface area (Å²) in [5.74, 6) is -1.89. The first-order valence-corrected chi connectivity index (χ1v) is 11.6. The molecular weight excluding hydrogens is 408 g/mol. The van der Waals surface area contributed by atoms with E-state index in [0.717, 1.165) is 54.2 Å². The molecule has 0 bridgehead atoms. The predicted octanol–water partition coefficient (Wildman–Crippen LogP) is 5.13. The Kier molecular flexibility index (Phi) is 7.20. The molecule has 6 heteroatoms. The first-order chi connectivity index (χ1) is 15.6. The number of benzene rings is 2. The highest BCUT2D eigenvalue weighted by Crippen LogP contribution is 2.36. The van der Waals surface area contributed by atoms with Crippen LogP contribution in [0, 0.1) is 11.6 Å². The second kappa shape index (κ2) is 10.3. The fourth-order valence-electron chi connectivity index (χ4n) is 4.79. The van der Waals surface area contributed by atoms with E-state index in [1.165, 1.54) is 31.4 Å². The number of carbonyl (C=O) groups excluding carboxylic acids is 1. The fourth-order valence-corrected chi connectivity index (χ4v) is 4.79. The van der Waals surface area contributed by atoms with Crippen LogP contribution in [0.1, 0.15) is 55.2 Å². The highest BCUT2D eigenvalue weighted by Gasteiger charge is 2.25. The number of halogens is 2. The van der Waals surface area contributed by atoms with Crippen LogP contribution in [0.2, 0.25) is 0 Å². The molecule has 1 fully saturated rings. The van der Waals surface area contributed by atoms with E-state index in [1.807, 2.05) is 18.3 Å². The van der Waals surface area contributed by atoms with Gasteiger partial charge in [-0.05, 0) is 55.1 Å². The Morgan fingerprint density at radius 2 is 1.94 bits per heavy atom. The quantitative estimate of drug-likeness (QED) is 0.511. The van der Waals surface area contributed by atoms with E-state index in [1.54, 1.807) is 0 Å². The number of hydrogen-bond acceptors (Lipinski definition) is 2. The molecule has 1 unspecified atom stereocenters. The Labute approximate surface area is 188 Å². The van der Waals surface area contributed by atoms with Crippen LogP contribution < -0.4 is 5.32 Å². The van der Waals surface area contributed by atoms with Crippen molar-refractivity contribution in [3.63, 3.8) is 0 Å². The summed E-state index contributed by atoms with van der Waals surface area (Å²) in [7, 11) is 0. The van der Waals surface area contributed by atoms with Crippen LogP contribution in [0.25, 0.3) is 10.9 Å². The molecule has 1 amide bonds. The number of aromatic amines is 1. The molecule has 0 radical (unpaired) electrons. The van der Waals surface area contributed by atoms with E-state index in [9.17, 15) is 13.6 Å². The van der Waals surface area contributed by atoms with Crippen molar-refractivity contribution in [2.45, 2.75) is 44.9 Å². The summed E-state index contributed by atoms with van der Waals surface area (Å²) in [4.78, 5) is 18.5. The largest absolute Gasteiger partial charge is 0.361 e. The number of piperidine rings is 1. The summed E-state index contributed by atoms with van der Waals surface area (Å²) < 4.78 is 28.4. The number of aryl methyl sites for hydroxylation is 1. The van der Waals surface area contributed by atoms with Crippen molar-refractivity contribution >= 4 is 16.8 Å². The van der Waals surface area contributed by atoms with E-state index in [0.29, 0.717) is 12.1 Å². The molecule has 1 aliphatic rings. The van der Waals surface area contributed by atoms with Gasteiger partial charge in [0.05, 0.1) is 0 Å². The average molecular weight is 440 g/mol. The molecule has 170 valence electrons. The van der Waals surface area contributed by atoms with Crippen LogP contribution in [0.5, 0.6) is 0 Å². The third-order valence-electron chi connectivity index (χ3n) is 6.52. The molecule has 32 heavy (non-hydrogen) atoms. The van der Waals surface area contributed by atoms with Gasteiger partial charge in [0.2, 0.25) is 5.91 Å². The number of hydrogen-bond donors (Lipinski definition) is 2. The number of likely N-dealkylation sites (tertiary alicyclic amines) is 1. The first kappa shape index (κ1) is 22.5. The van der Waals surface area contributed by atoms with Crippen LogP contribution >= 0.6 is 0 Å². The number of rotatable bonds is 8. The van der Waals surface area contributed by atoms with Gasteiger partial charge in [0.15, 0.2) is 0 Å². The molecule has 2 N–H and O–H groups in total. The van der Waals surface area contributed by atoms with Gasteiger partial charge in [-0.2, -0.15) is 0 Å². The SMILES string of the molecule is CCc1cccc2c(C(CC(=O)NCCN3CCCCC3)c3ccc(F)cc3F)c[nH]c12. The maximum atomic E-state index is 14.8. The van der Waals surface area contributed by atoms with Crippen molar-refractivity contribution in [2.24, 2.45) is 0 Å². The molecule has 1 atom stereocenters. The second-order valence-corrected chi connectivity index (χ2v) is 8.61. The molecule has 1 aliphatic heterocycles. The predicted molar refractivity (Wildman–Crippen MR) is 124 cm³/mol. The molecule has 4 nitrogen and oxygen atoms in total. The fraction of sp³-hybridized carbons (Fsp3) is 0.423. The van der Waals surface area contributed by atoms with E-state index < -0.39 is 17.6 Å². The molecule has 2 aromatic carbocycles. The van der Waals surface area contributed by atoms with Crippen LogP contribution in [0.15, 0.2) is 42.6 Å². The summed E-state index contributed by atoms with van der Waals surface area (Å²) in [5, 5.41) is 3.98. The Bertz CT molecular complexity index is 1070. The number of aromatic nitrogens is 1. The molecule has 0 aliphatic carbocycles. The highest BCUT2D eigenvalue weighted by atomic mass is 19.1. The van der Waals surface area contributed by atoms with Gasteiger partial charge in [0.25, 0.3) is 0 Å². The zero-order valence-corrected chi connectivity index (χ0v) is 18.6. The number of H-pyrrole nitrogens is 1. The maximum Gasteiger partial charge on any atom is 0.220 e. The Balaban J connectivity index is 1.57. The first-order valence-electron chi connectivity index (χ1n) is 11.6. The minimum Gasteiger partial charge on any atom is -0.361 e. The Hall–Kier alpha value is -2.73. The lowest BCUT2D eigenvalue weighted by molar-refractivity contribution is -0.121. The number of para-hydroxylation sites is 1. The maximum absolute atomic E-state index is 14.8. The summed E-state index contributed by atoms with van der Waals surface area (Å²) in [6.07, 6.45) is 6.52. The van der Waals surface area contributed by atoms with Crippen molar-refractivity contribution in [3.05, 3.63) is 70.9 Å². The van der Waals surface area contributed by atoms with Crippen LogP contribution in [0.4, 0.5) is 8.78 Å². The minimum atomic E-state index is -0.628. The Morgan fingerprint density at radius 1 is 1.12 bits per heavy atom. The number of amides is 1. The van der Waals surface area contributed by atoms with Crippen molar-refractivity contribution in [1.82, 2.24) is 15.2 Å². The van der Waals surface area contributed by atoms with Crippen LogP contribution in [-0.2, 0) is 11.2 Å². The zero-order chi connectivity index (χ0) is 22.5. The van der Waals surface area contributed by atoms with Crippen molar-refractivity contribution in [1.29, 1.82) is 0 Å². The smallest absolute Gasteiger partial charge is 0.220 e. The van der Waals surface area contributed by atoms with Gasteiger partial charge in [-0.25, -0.2) is 8.78 Å². The summed E-state index contributed by atoms with van der Waals surface area (Å²) in [5.41, 5.74) is 3.36. The topological polar surface area (TPSA) is 48.1 Å². The molecular formula is C26H31F2N3O. The van der Waals surface area contributed by atoms with Crippen LogP contribution in [0.3, 0.4) is 0 Å². The van der Waals surface area contributed by atoms with Crippen molar-refractivity contribution in [3.8, 4) is 0 Å². The number of nitrogens with zero attached hydrogens (tertiary/aromatic N) is 1. The third kappa shape index (κ3) is 5.01. The summed E-state index contributed by atoms with van der Waals surface area (Å²) in [6, 6.07) is 9.63. The third-order valence-corrected chi connectivity index (χ3v) is 6.52. The standard InChI is InChI=1S/C26H31F2N3O/c1-2-18-7-6-8-21-23(17-30-26(18)21)22(20-10-9-19(27)15-24(20)28)16-25(32)29-11-14-31-12-4-3-5-13-31/h6-10,15,17,22,30H,2-5,11-14,16H2,1H3,(H,29,32). The molecule has 1 aromatic heterocycles. The number of fused-ring (bicyclic) bond motifs is 1. The molecule has 4 rings (SSSR count). The lowest BCUT2D eigenvalue weighted by Crippen LogP contribution is -2.38. The monoisotopic (exact) mass is 439 g/mol. The van der Waals surface area contributed by atoms with Gasteiger partial charge in [-0.15, -0.1) is 0 Å². The normalized spacial score (nSPS) is 15.7.